The van der Waals surface area contributed by atoms with Crippen molar-refractivity contribution in [3.05, 3.63) is 0 Å². The molecule has 0 N–H and O–H groups in total. The summed E-state index contributed by atoms with van der Waals surface area (Å²) in [6.45, 7) is 2.31. The van der Waals surface area contributed by atoms with Crippen LogP contribution in [0.4, 0.5) is 0 Å². The van der Waals surface area contributed by atoms with Crippen molar-refractivity contribution >= 4 is 8.58 Å². The van der Waals surface area contributed by atoms with Crippen molar-refractivity contribution in [1.29, 1.82) is 0 Å². The first-order valence-corrected chi connectivity index (χ1v) is 12.5. The number of unbranched alkanes of at least 4 members (excludes halogenated alkanes) is 8. The molecule has 0 heterocycles. The first kappa shape index (κ1) is 21.5. The third kappa shape index (κ3) is 14.5. The van der Waals surface area contributed by atoms with Crippen molar-refractivity contribution in [2.75, 3.05) is 6.16 Å². The number of hydrogen-bond donors (Lipinski definition) is 0. The quantitative estimate of drug-likeness (QED) is 0.261. The van der Waals surface area contributed by atoms with Gasteiger partial charge in [-0.3, -0.25) is 0 Å². The van der Waals surface area contributed by atoms with Crippen LogP contribution in [-0.4, -0.2) is 11.8 Å². The maximum atomic E-state index is 2.31. The Morgan fingerprint density at radius 2 is 1.00 bits per heavy atom. The summed E-state index contributed by atoms with van der Waals surface area (Å²) in [4.78, 5) is 0. The molecule has 0 bridgehead atoms. The molecule has 1 unspecified atom stereocenters. The van der Waals surface area contributed by atoms with Gasteiger partial charge >= 0.3 is 0 Å². The van der Waals surface area contributed by atoms with E-state index in [0.29, 0.717) is 0 Å². The van der Waals surface area contributed by atoms with Crippen molar-refractivity contribution in [1.82, 2.24) is 0 Å². The van der Waals surface area contributed by atoms with E-state index in [1.54, 1.807) is 19.0 Å². The minimum absolute atomic E-state index is 1.10. The van der Waals surface area contributed by atoms with E-state index in [9.17, 15) is 0 Å². The summed E-state index contributed by atoms with van der Waals surface area (Å²) in [5, 5.41) is 0. The summed E-state index contributed by atoms with van der Waals surface area (Å²) < 4.78 is 0. The van der Waals surface area contributed by atoms with E-state index in [-0.39, 0.29) is 0 Å². The summed E-state index contributed by atoms with van der Waals surface area (Å²) in [6.07, 6.45) is 30.0. The highest BCUT2D eigenvalue weighted by atomic mass is 31.1. The molecule has 0 amide bonds. The smallest absolute Gasteiger partial charge is 0.0237 e. The molecule has 1 heteroatoms. The molecule has 1 rings (SSSR count). The van der Waals surface area contributed by atoms with Crippen LogP contribution in [0.3, 0.4) is 0 Å². The third-order valence-electron chi connectivity index (χ3n) is 5.57. The second kappa shape index (κ2) is 17.3. The molecule has 1 atom stereocenters. The van der Waals surface area contributed by atoms with Gasteiger partial charge in [0.05, 0.1) is 0 Å². The molecule has 0 spiro atoms. The molecular formula is C22H45P. The standard InChI is InChI=1S/C22H45P/c1-2-3-4-5-6-9-12-15-18-21-23-22-19-16-13-10-7-8-11-14-17-20-22/h22-23H,2-21H2,1H3. The molecule has 0 saturated heterocycles. The largest absolute Gasteiger partial charge is 0.119 e. The Morgan fingerprint density at radius 3 is 1.52 bits per heavy atom. The van der Waals surface area contributed by atoms with Gasteiger partial charge < -0.3 is 0 Å². The summed E-state index contributed by atoms with van der Waals surface area (Å²) in [5.41, 5.74) is 1.10. The van der Waals surface area contributed by atoms with Crippen molar-refractivity contribution < 1.29 is 0 Å². The summed E-state index contributed by atoms with van der Waals surface area (Å²) in [6, 6.07) is 0. The SMILES string of the molecule is CCCCCCCCCCCPC1CCCCCCCCCC1. The molecule has 1 aliphatic rings. The van der Waals surface area contributed by atoms with Crippen molar-refractivity contribution in [2.24, 2.45) is 0 Å². The zero-order valence-corrected chi connectivity index (χ0v) is 17.2. The van der Waals surface area contributed by atoms with Gasteiger partial charge in [-0.1, -0.05) is 110 Å². The van der Waals surface area contributed by atoms with Crippen molar-refractivity contribution in [3.8, 4) is 0 Å². The van der Waals surface area contributed by atoms with Crippen molar-refractivity contribution in [3.63, 3.8) is 0 Å². The highest BCUT2D eigenvalue weighted by Crippen LogP contribution is 2.31. The van der Waals surface area contributed by atoms with Gasteiger partial charge in [-0.15, -0.1) is 8.58 Å². The fourth-order valence-corrected chi connectivity index (χ4v) is 5.61. The zero-order valence-electron chi connectivity index (χ0n) is 16.2. The van der Waals surface area contributed by atoms with Crippen LogP contribution in [0.15, 0.2) is 0 Å². The Morgan fingerprint density at radius 1 is 0.565 bits per heavy atom. The first-order chi connectivity index (χ1) is 11.4. The van der Waals surface area contributed by atoms with Crippen molar-refractivity contribution in [2.45, 2.75) is 135 Å². The molecule has 138 valence electrons. The van der Waals surface area contributed by atoms with E-state index in [2.05, 4.69) is 6.92 Å². The average molecular weight is 341 g/mol. The lowest BCUT2D eigenvalue weighted by Gasteiger charge is -2.16. The van der Waals surface area contributed by atoms with Gasteiger partial charge in [-0.2, -0.15) is 0 Å². The monoisotopic (exact) mass is 340 g/mol. The Bertz CT molecular complexity index is 214. The van der Waals surface area contributed by atoms with Gasteiger partial charge in [0.15, 0.2) is 0 Å². The summed E-state index contributed by atoms with van der Waals surface area (Å²) >= 11 is 0. The second-order valence-corrected chi connectivity index (χ2v) is 9.61. The van der Waals surface area contributed by atoms with Crippen LogP contribution in [0.25, 0.3) is 0 Å². The van der Waals surface area contributed by atoms with Gasteiger partial charge in [0.1, 0.15) is 0 Å². The normalized spacial score (nSPS) is 19.2. The molecule has 23 heavy (non-hydrogen) atoms. The first-order valence-electron chi connectivity index (χ1n) is 11.2. The van der Waals surface area contributed by atoms with Crippen LogP contribution in [0.2, 0.25) is 0 Å². The molecule has 0 aromatic rings. The maximum Gasteiger partial charge on any atom is -0.0237 e. The molecule has 0 nitrogen and oxygen atoms in total. The minimum atomic E-state index is 1.10. The Balaban J connectivity index is 1.93. The summed E-state index contributed by atoms with van der Waals surface area (Å²) in [7, 11) is 1.28. The van der Waals surface area contributed by atoms with Gasteiger partial charge in [0.2, 0.25) is 0 Å². The van der Waals surface area contributed by atoms with E-state index in [4.69, 9.17) is 0 Å². The Hall–Kier alpha value is 0.430. The molecule has 0 radical (unpaired) electrons. The van der Waals surface area contributed by atoms with Gasteiger partial charge in [-0.25, -0.2) is 0 Å². The van der Waals surface area contributed by atoms with E-state index in [1.807, 2.05) is 0 Å². The highest BCUT2D eigenvalue weighted by molar-refractivity contribution is 7.38. The fourth-order valence-electron chi connectivity index (χ4n) is 3.93. The zero-order chi connectivity index (χ0) is 16.4. The van der Waals surface area contributed by atoms with Gasteiger partial charge in [0.25, 0.3) is 0 Å². The minimum Gasteiger partial charge on any atom is -0.119 e. The number of hydrogen-bond acceptors (Lipinski definition) is 0. The molecule has 1 aliphatic carbocycles. The fraction of sp³-hybridized carbons (Fsp3) is 1.00. The number of rotatable bonds is 11. The van der Waals surface area contributed by atoms with Gasteiger partial charge in [0, 0.05) is 0 Å². The van der Waals surface area contributed by atoms with Crippen LogP contribution >= 0.6 is 8.58 Å². The highest BCUT2D eigenvalue weighted by Gasteiger charge is 2.09. The maximum absolute atomic E-state index is 2.31. The Kier molecular flexibility index (Phi) is 16.1. The Labute approximate surface area is 149 Å². The summed E-state index contributed by atoms with van der Waals surface area (Å²) in [5.74, 6) is 0. The van der Waals surface area contributed by atoms with E-state index < -0.39 is 0 Å². The lowest BCUT2D eigenvalue weighted by Crippen LogP contribution is -2.02. The third-order valence-corrected chi connectivity index (χ3v) is 7.37. The molecule has 0 aliphatic heterocycles. The second-order valence-electron chi connectivity index (χ2n) is 7.89. The molecule has 0 aromatic carbocycles. The van der Waals surface area contributed by atoms with Crippen LogP contribution in [0.1, 0.15) is 129 Å². The van der Waals surface area contributed by atoms with E-state index in [0.717, 1.165) is 5.66 Å². The average Bonchev–Trinajstić information content (AvgIpc) is 2.62. The lowest BCUT2D eigenvalue weighted by molar-refractivity contribution is 0.571. The van der Waals surface area contributed by atoms with Crippen LogP contribution in [0, 0.1) is 0 Å². The lowest BCUT2D eigenvalue weighted by atomic mass is 10.1. The molecule has 1 fully saturated rings. The van der Waals surface area contributed by atoms with E-state index in [1.165, 1.54) is 118 Å². The predicted octanol–water partition coefficient (Wildman–Crippen LogP) is 8.48. The van der Waals surface area contributed by atoms with Crippen LogP contribution in [0.5, 0.6) is 0 Å². The van der Waals surface area contributed by atoms with Crippen LogP contribution in [-0.2, 0) is 0 Å². The van der Waals surface area contributed by atoms with Gasteiger partial charge in [-0.05, 0) is 31.1 Å². The van der Waals surface area contributed by atoms with Crippen LogP contribution < -0.4 is 0 Å². The molecule has 1 saturated carbocycles. The molecular weight excluding hydrogens is 295 g/mol. The van der Waals surface area contributed by atoms with E-state index >= 15 is 0 Å². The molecule has 0 aromatic heterocycles. The topological polar surface area (TPSA) is 0 Å². The predicted molar refractivity (Wildman–Crippen MR) is 110 cm³/mol.